The molecule has 2 aromatic carbocycles. The van der Waals surface area contributed by atoms with Gasteiger partial charge in [0, 0.05) is 16.8 Å². The van der Waals surface area contributed by atoms with Crippen LogP contribution in [0.15, 0.2) is 41.4 Å². The lowest BCUT2D eigenvalue weighted by Gasteiger charge is -2.57. The van der Waals surface area contributed by atoms with Crippen LogP contribution in [0.3, 0.4) is 0 Å². The second-order valence-electron chi connectivity index (χ2n) is 9.16. The van der Waals surface area contributed by atoms with Crippen molar-refractivity contribution in [2.75, 3.05) is 0 Å². The lowest BCUT2D eigenvalue weighted by Crippen LogP contribution is -2.48. The number of benzene rings is 2. The van der Waals surface area contributed by atoms with E-state index in [0.717, 1.165) is 39.6 Å². The van der Waals surface area contributed by atoms with Crippen LogP contribution in [0.4, 0.5) is 5.69 Å². The predicted molar refractivity (Wildman–Crippen MR) is 111 cm³/mol. The normalized spacial score (nSPS) is 31.7. The Hall–Kier alpha value is -1.80. The highest BCUT2D eigenvalue weighted by atomic mass is 35.5. The minimum absolute atomic E-state index is 0.297. The van der Waals surface area contributed by atoms with Gasteiger partial charge in [-0.15, -0.1) is 0 Å². The van der Waals surface area contributed by atoms with Crippen molar-refractivity contribution in [1.82, 2.24) is 0 Å². The molecule has 0 amide bonds. The second-order valence-corrected chi connectivity index (χ2v) is 9.57. The molecule has 0 spiro atoms. The van der Waals surface area contributed by atoms with Crippen LogP contribution < -0.4 is 0 Å². The molecular weight excluding hydrogens is 354 g/mol. The van der Waals surface area contributed by atoms with E-state index in [2.05, 4.69) is 17.1 Å². The van der Waals surface area contributed by atoms with Crippen molar-refractivity contribution in [3.63, 3.8) is 0 Å². The number of halogens is 1. The molecule has 4 bridgehead atoms. The van der Waals surface area contributed by atoms with E-state index in [1.165, 1.54) is 44.1 Å². The largest absolute Gasteiger partial charge is 0.507 e. The highest BCUT2D eigenvalue weighted by molar-refractivity contribution is 6.31. The fourth-order valence-corrected chi connectivity index (χ4v) is 6.43. The quantitative estimate of drug-likeness (QED) is 0.600. The summed E-state index contributed by atoms with van der Waals surface area (Å²) in [5.74, 6) is 3.04. The molecule has 6 rings (SSSR count). The molecule has 140 valence electrons. The standard InChI is InChI=1S/C24H26ClNO/c1-15-2-4-21(10-22(15)25)26-14-19-9-20(3-5-23(19)27)24-11-16-6-17(12-24)8-18(7-16)13-24/h2-5,9-10,14,16-18,27H,6-8,11-13H2,1H3. The molecule has 0 aliphatic heterocycles. The van der Waals surface area contributed by atoms with Crippen molar-refractivity contribution in [2.24, 2.45) is 22.7 Å². The average molecular weight is 380 g/mol. The number of aliphatic imine (C=N–C) groups is 1. The van der Waals surface area contributed by atoms with Crippen molar-refractivity contribution < 1.29 is 5.11 Å². The fraction of sp³-hybridized carbons (Fsp3) is 0.458. The number of phenolic OH excluding ortho intramolecular Hbond substituents is 1. The molecule has 0 radical (unpaired) electrons. The van der Waals surface area contributed by atoms with Crippen LogP contribution >= 0.6 is 11.6 Å². The third kappa shape index (κ3) is 3.08. The van der Waals surface area contributed by atoms with Gasteiger partial charge in [0.15, 0.2) is 0 Å². The average Bonchev–Trinajstić information content (AvgIpc) is 2.62. The summed E-state index contributed by atoms with van der Waals surface area (Å²) < 4.78 is 0. The van der Waals surface area contributed by atoms with Crippen LogP contribution in [-0.4, -0.2) is 11.3 Å². The van der Waals surface area contributed by atoms with Crippen molar-refractivity contribution >= 4 is 23.5 Å². The molecule has 0 unspecified atom stereocenters. The number of rotatable bonds is 3. The Morgan fingerprint density at radius 2 is 1.67 bits per heavy atom. The van der Waals surface area contributed by atoms with E-state index in [0.29, 0.717) is 11.2 Å². The van der Waals surface area contributed by atoms with Gasteiger partial charge >= 0.3 is 0 Å². The van der Waals surface area contributed by atoms with E-state index < -0.39 is 0 Å². The molecule has 1 N–H and O–H groups in total. The molecule has 4 aliphatic rings. The third-order valence-corrected chi connectivity index (χ3v) is 7.59. The number of hydrogen-bond donors (Lipinski definition) is 1. The second kappa shape index (κ2) is 6.38. The first-order valence-corrected chi connectivity index (χ1v) is 10.5. The summed E-state index contributed by atoms with van der Waals surface area (Å²) in [6, 6.07) is 12.0. The van der Waals surface area contributed by atoms with Gasteiger partial charge in [-0.2, -0.15) is 0 Å². The van der Waals surface area contributed by atoms with Gasteiger partial charge in [-0.05, 0) is 104 Å². The number of aromatic hydroxyl groups is 1. The highest BCUT2D eigenvalue weighted by Gasteiger charge is 2.51. The van der Waals surface area contributed by atoms with Crippen molar-refractivity contribution in [3.8, 4) is 5.75 Å². The number of aryl methyl sites for hydroxylation is 1. The van der Waals surface area contributed by atoms with E-state index in [1.54, 1.807) is 6.21 Å². The number of phenols is 1. The summed E-state index contributed by atoms with van der Waals surface area (Å²) in [5, 5.41) is 11.1. The molecule has 0 aromatic heterocycles. The van der Waals surface area contributed by atoms with Gasteiger partial charge in [-0.3, -0.25) is 4.99 Å². The molecule has 4 saturated carbocycles. The summed E-state index contributed by atoms with van der Waals surface area (Å²) in [6.07, 6.45) is 10.1. The van der Waals surface area contributed by atoms with Crippen molar-refractivity contribution in [2.45, 2.75) is 50.9 Å². The van der Waals surface area contributed by atoms with Gasteiger partial charge in [-0.1, -0.05) is 23.7 Å². The zero-order valence-electron chi connectivity index (χ0n) is 15.8. The van der Waals surface area contributed by atoms with E-state index in [-0.39, 0.29) is 0 Å². The molecule has 0 heterocycles. The van der Waals surface area contributed by atoms with Gasteiger partial charge in [0.1, 0.15) is 5.75 Å². The van der Waals surface area contributed by atoms with Gasteiger partial charge < -0.3 is 5.11 Å². The van der Waals surface area contributed by atoms with Crippen molar-refractivity contribution in [1.29, 1.82) is 0 Å². The Labute approximate surface area is 166 Å². The lowest BCUT2D eigenvalue weighted by atomic mass is 9.48. The van der Waals surface area contributed by atoms with Crippen LogP contribution in [0.25, 0.3) is 0 Å². The van der Waals surface area contributed by atoms with Gasteiger partial charge in [-0.25, -0.2) is 0 Å². The maximum Gasteiger partial charge on any atom is 0.124 e. The number of hydrogen-bond acceptors (Lipinski definition) is 2. The highest BCUT2D eigenvalue weighted by Crippen LogP contribution is 2.60. The first kappa shape index (κ1) is 17.3. The van der Waals surface area contributed by atoms with E-state index in [1.807, 2.05) is 31.2 Å². The Bertz CT molecular complexity index is 881. The van der Waals surface area contributed by atoms with E-state index in [4.69, 9.17) is 11.6 Å². The van der Waals surface area contributed by atoms with Crippen LogP contribution in [-0.2, 0) is 5.41 Å². The van der Waals surface area contributed by atoms with Gasteiger partial charge in [0.05, 0.1) is 5.69 Å². The number of nitrogens with zero attached hydrogens (tertiary/aromatic N) is 1. The monoisotopic (exact) mass is 379 g/mol. The van der Waals surface area contributed by atoms with E-state index >= 15 is 0 Å². The molecule has 2 aromatic rings. The predicted octanol–water partition coefficient (Wildman–Crippen LogP) is 6.57. The molecule has 27 heavy (non-hydrogen) atoms. The summed E-state index contributed by atoms with van der Waals surface area (Å²) in [7, 11) is 0. The SMILES string of the molecule is Cc1ccc(N=Cc2cc(C34CC5CC(CC(C5)C3)C4)ccc2O)cc1Cl. The summed E-state index contributed by atoms with van der Waals surface area (Å²) in [4.78, 5) is 4.56. The van der Waals surface area contributed by atoms with Gasteiger partial charge in [0.2, 0.25) is 0 Å². The minimum atomic E-state index is 0.297. The van der Waals surface area contributed by atoms with Gasteiger partial charge in [0.25, 0.3) is 0 Å². The smallest absolute Gasteiger partial charge is 0.124 e. The Balaban J connectivity index is 1.46. The summed E-state index contributed by atoms with van der Waals surface area (Å²) in [5.41, 5.74) is 4.40. The third-order valence-electron chi connectivity index (χ3n) is 7.19. The molecule has 0 saturated heterocycles. The zero-order chi connectivity index (χ0) is 18.6. The van der Waals surface area contributed by atoms with Crippen LogP contribution in [0.2, 0.25) is 5.02 Å². The summed E-state index contributed by atoms with van der Waals surface area (Å²) in [6.45, 7) is 1.98. The zero-order valence-corrected chi connectivity index (χ0v) is 16.5. The van der Waals surface area contributed by atoms with E-state index in [9.17, 15) is 5.11 Å². The van der Waals surface area contributed by atoms with Crippen LogP contribution in [0.5, 0.6) is 5.75 Å². The Kier molecular flexibility index (Phi) is 4.09. The molecule has 3 heteroatoms. The van der Waals surface area contributed by atoms with Crippen LogP contribution in [0.1, 0.15) is 55.2 Å². The molecule has 2 nitrogen and oxygen atoms in total. The maximum absolute atomic E-state index is 10.4. The molecule has 4 fully saturated rings. The summed E-state index contributed by atoms with van der Waals surface area (Å²) >= 11 is 6.21. The minimum Gasteiger partial charge on any atom is -0.507 e. The molecule has 0 atom stereocenters. The Morgan fingerprint density at radius 1 is 1.00 bits per heavy atom. The van der Waals surface area contributed by atoms with Crippen LogP contribution in [0, 0.1) is 24.7 Å². The first-order chi connectivity index (χ1) is 13.0. The van der Waals surface area contributed by atoms with Crippen molar-refractivity contribution in [3.05, 3.63) is 58.1 Å². The molecular formula is C24H26ClNO. The Morgan fingerprint density at radius 3 is 2.30 bits per heavy atom. The fourth-order valence-electron chi connectivity index (χ4n) is 6.26. The maximum atomic E-state index is 10.4. The molecule has 4 aliphatic carbocycles. The topological polar surface area (TPSA) is 32.6 Å². The first-order valence-electron chi connectivity index (χ1n) is 10.1. The lowest BCUT2D eigenvalue weighted by molar-refractivity contribution is -0.00520.